The SMILES string of the molecule is CNC1CCCN(C(=O)c2cc3c([nH]c2=O)CCCCC3)C1. The molecular weight excluding hydrogens is 278 g/mol. The predicted molar refractivity (Wildman–Crippen MR) is 86.3 cm³/mol. The number of hydrogen-bond donors (Lipinski definition) is 2. The molecule has 0 spiro atoms. The number of aromatic nitrogens is 1. The first-order valence-corrected chi connectivity index (χ1v) is 8.40. The molecule has 1 aliphatic carbocycles. The second-order valence-electron chi connectivity index (χ2n) is 6.46. The Bertz CT molecular complexity index is 608. The Morgan fingerprint density at radius 3 is 2.91 bits per heavy atom. The zero-order valence-electron chi connectivity index (χ0n) is 13.3. The van der Waals surface area contributed by atoms with Gasteiger partial charge in [0.25, 0.3) is 11.5 Å². The van der Waals surface area contributed by atoms with Crippen molar-refractivity contribution in [2.24, 2.45) is 0 Å². The number of carbonyl (C=O) groups excluding carboxylic acids is 1. The van der Waals surface area contributed by atoms with Crippen LogP contribution in [0.5, 0.6) is 0 Å². The summed E-state index contributed by atoms with van der Waals surface area (Å²) in [5.41, 5.74) is 2.28. The molecule has 22 heavy (non-hydrogen) atoms. The molecule has 2 heterocycles. The van der Waals surface area contributed by atoms with Crippen molar-refractivity contribution in [1.29, 1.82) is 0 Å². The van der Waals surface area contributed by atoms with E-state index in [0.717, 1.165) is 56.3 Å². The Morgan fingerprint density at radius 1 is 1.27 bits per heavy atom. The highest BCUT2D eigenvalue weighted by Gasteiger charge is 2.26. The minimum Gasteiger partial charge on any atom is -0.337 e. The molecule has 3 rings (SSSR count). The van der Waals surface area contributed by atoms with Gasteiger partial charge in [-0.3, -0.25) is 9.59 Å². The molecule has 1 aromatic rings. The molecule has 0 bridgehead atoms. The monoisotopic (exact) mass is 303 g/mol. The van der Waals surface area contributed by atoms with E-state index in [-0.39, 0.29) is 11.5 Å². The largest absolute Gasteiger partial charge is 0.337 e. The topological polar surface area (TPSA) is 65.2 Å². The Hall–Kier alpha value is -1.62. The third-order valence-corrected chi connectivity index (χ3v) is 4.94. The molecule has 1 atom stereocenters. The molecule has 1 aromatic heterocycles. The van der Waals surface area contributed by atoms with Crippen molar-refractivity contribution in [3.05, 3.63) is 33.2 Å². The maximum absolute atomic E-state index is 12.7. The number of likely N-dealkylation sites (N-methyl/N-ethyl adjacent to an activating group) is 1. The average Bonchev–Trinajstić information content (AvgIpc) is 2.78. The van der Waals surface area contributed by atoms with E-state index in [1.54, 1.807) is 0 Å². The van der Waals surface area contributed by atoms with Crippen molar-refractivity contribution >= 4 is 5.91 Å². The van der Waals surface area contributed by atoms with E-state index in [0.29, 0.717) is 18.2 Å². The number of aromatic amines is 1. The van der Waals surface area contributed by atoms with Gasteiger partial charge in [0.2, 0.25) is 0 Å². The van der Waals surface area contributed by atoms with E-state index >= 15 is 0 Å². The second-order valence-corrected chi connectivity index (χ2v) is 6.46. The van der Waals surface area contributed by atoms with Crippen LogP contribution in [0.15, 0.2) is 10.9 Å². The lowest BCUT2D eigenvalue weighted by atomic mass is 10.0. The smallest absolute Gasteiger partial charge is 0.261 e. The first-order valence-electron chi connectivity index (χ1n) is 8.40. The van der Waals surface area contributed by atoms with Crippen molar-refractivity contribution < 1.29 is 4.79 Å². The minimum atomic E-state index is -0.225. The van der Waals surface area contributed by atoms with Crippen LogP contribution in [0.3, 0.4) is 0 Å². The third kappa shape index (κ3) is 3.09. The number of fused-ring (bicyclic) bond motifs is 1. The van der Waals surface area contributed by atoms with Crippen LogP contribution in [0, 0.1) is 0 Å². The second kappa shape index (κ2) is 6.65. The van der Waals surface area contributed by atoms with Crippen LogP contribution < -0.4 is 10.9 Å². The number of likely N-dealkylation sites (tertiary alicyclic amines) is 1. The van der Waals surface area contributed by atoms with Crippen LogP contribution >= 0.6 is 0 Å². The highest BCUT2D eigenvalue weighted by molar-refractivity contribution is 5.94. The van der Waals surface area contributed by atoms with Crippen LogP contribution in [0.2, 0.25) is 0 Å². The number of piperidine rings is 1. The molecule has 0 aromatic carbocycles. The van der Waals surface area contributed by atoms with Gasteiger partial charge in [0.15, 0.2) is 0 Å². The summed E-state index contributed by atoms with van der Waals surface area (Å²) < 4.78 is 0. The van der Waals surface area contributed by atoms with Crippen molar-refractivity contribution in [3.8, 4) is 0 Å². The summed E-state index contributed by atoms with van der Waals surface area (Å²) in [6.07, 6.45) is 7.40. The summed E-state index contributed by atoms with van der Waals surface area (Å²) in [7, 11) is 1.92. The van der Waals surface area contributed by atoms with Gasteiger partial charge in [-0.1, -0.05) is 6.42 Å². The summed E-state index contributed by atoms with van der Waals surface area (Å²) in [5, 5.41) is 3.23. The number of nitrogens with zero attached hydrogens (tertiary/aromatic N) is 1. The first kappa shape index (κ1) is 15.3. The quantitative estimate of drug-likeness (QED) is 0.813. The molecule has 2 N–H and O–H groups in total. The summed E-state index contributed by atoms with van der Waals surface area (Å²) in [6.45, 7) is 1.43. The molecule has 120 valence electrons. The molecule has 1 unspecified atom stereocenters. The molecule has 0 saturated carbocycles. The van der Waals surface area contributed by atoms with Crippen molar-refractivity contribution in [2.75, 3.05) is 20.1 Å². The Morgan fingerprint density at radius 2 is 2.09 bits per heavy atom. The van der Waals surface area contributed by atoms with Crippen LogP contribution in [0.1, 0.15) is 53.7 Å². The van der Waals surface area contributed by atoms with Crippen LogP contribution in [-0.2, 0) is 12.8 Å². The van der Waals surface area contributed by atoms with Gasteiger partial charge < -0.3 is 15.2 Å². The maximum Gasteiger partial charge on any atom is 0.261 e. The van der Waals surface area contributed by atoms with Crippen LogP contribution in [0.4, 0.5) is 0 Å². The number of pyridine rings is 1. The number of aryl methyl sites for hydroxylation is 2. The van der Waals surface area contributed by atoms with E-state index in [2.05, 4.69) is 10.3 Å². The molecule has 1 saturated heterocycles. The van der Waals surface area contributed by atoms with Gasteiger partial charge in [0.1, 0.15) is 5.56 Å². The predicted octanol–water partition coefficient (Wildman–Crippen LogP) is 1.47. The van der Waals surface area contributed by atoms with E-state index in [4.69, 9.17) is 0 Å². The van der Waals surface area contributed by atoms with E-state index in [1.165, 1.54) is 6.42 Å². The lowest BCUT2D eigenvalue weighted by Gasteiger charge is -2.32. The number of H-pyrrole nitrogens is 1. The Kier molecular flexibility index (Phi) is 4.62. The van der Waals surface area contributed by atoms with Gasteiger partial charge in [0.05, 0.1) is 0 Å². The number of rotatable bonds is 2. The van der Waals surface area contributed by atoms with E-state index < -0.39 is 0 Å². The summed E-state index contributed by atoms with van der Waals surface area (Å²) in [6, 6.07) is 2.18. The van der Waals surface area contributed by atoms with Gasteiger partial charge in [-0.25, -0.2) is 0 Å². The standard InChI is InChI=1S/C17H25N3O2/c1-18-13-7-5-9-20(11-13)17(22)14-10-12-6-3-2-4-8-15(12)19-16(14)21/h10,13,18H,2-9,11H2,1H3,(H,19,21). The molecule has 2 aliphatic rings. The van der Waals surface area contributed by atoms with Crippen molar-refractivity contribution in [2.45, 2.75) is 51.0 Å². The Balaban J connectivity index is 1.86. The highest BCUT2D eigenvalue weighted by Crippen LogP contribution is 2.19. The lowest BCUT2D eigenvalue weighted by molar-refractivity contribution is 0.0696. The molecule has 5 heteroatoms. The van der Waals surface area contributed by atoms with Gasteiger partial charge in [-0.2, -0.15) is 0 Å². The van der Waals surface area contributed by atoms with E-state index in [1.807, 2.05) is 18.0 Å². The fourth-order valence-corrected chi connectivity index (χ4v) is 3.58. The van der Waals surface area contributed by atoms with Gasteiger partial charge in [-0.15, -0.1) is 0 Å². The van der Waals surface area contributed by atoms with Gasteiger partial charge in [-0.05, 0) is 57.2 Å². The maximum atomic E-state index is 12.7. The number of amides is 1. The normalized spacial score (nSPS) is 22.0. The van der Waals surface area contributed by atoms with E-state index in [9.17, 15) is 9.59 Å². The molecular formula is C17H25N3O2. The summed E-state index contributed by atoms with van der Waals surface area (Å²) in [5.74, 6) is -0.117. The minimum absolute atomic E-state index is 0.117. The Labute approximate surface area is 131 Å². The van der Waals surface area contributed by atoms with Crippen molar-refractivity contribution in [3.63, 3.8) is 0 Å². The lowest BCUT2D eigenvalue weighted by Crippen LogP contribution is -2.48. The molecule has 0 radical (unpaired) electrons. The van der Waals surface area contributed by atoms with Crippen LogP contribution in [0.25, 0.3) is 0 Å². The number of nitrogens with one attached hydrogen (secondary N) is 2. The number of hydrogen-bond acceptors (Lipinski definition) is 3. The number of carbonyl (C=O) groups is 1. The molecule has 1 amide bonds. The fourth-order valence-electron chi connectivity index (χ4n) is 3.58. The van der Waals surface area contributed by atoms with Crippen LogP contribution in [-0.4, -0.2) is 42.0 Å². The van der Waals surface area contributed by atoms with Gasteiger partial charge >= 0.3 is 0 Å². The average molecular weight is 303 g/mol. The third-order valence-electron chi connectivity index (χ3n) is 4.94. The molecule has 1 fully saturated rings. The van der Waals surface area contributed by atoms with Crippen molar-refractivity contribution in [1.82, 2.24) is 15.2 Å². The summed E-state index contributed by atoms with van der Waals surface area (Å²) >= 11 is 0. The zero-order chi connectivity index (χ0) is 15.5. The zero-order valence-corrected chi connectivity index (χ0v) is 13.3. The molecule has 1 aliphatic heterocycles. The highest BCUT2D eigenvalue weighted by atomic mass is 16.2. The molecule has 5 nitrogen and oxygen atoms in total. The fraction of sp³-hybridized carbons (Fsp3) is 0.647. The van der Waals surface area contributed by atoms with Gasteiger partial charge in [0, 0.05) is 24.8 Å². The summed E-state index contributed by atoms with van der Waals surface area (Å²) in [4.78, 5) is 29.8. The first-order chi connectivity index (χ1) is 10.7.